The first-order chi connectivity index (χ1) is 9.37. The van der Waals surface area contributed by atoms with Crippen molar-refractivity contribution in [3.63, 3.8) is 0 Å². The van der Waals surface area contributed by atoms with E-state index in [1.165, 1.54) is 11.3 Å². The first kappa shape index (κ1) is 17.0. The number of nitrogens with zero attached hydrogens (tertiary/aromatic N) is 1. The predicted molar refractivity (Wildman–Crippen MR) is 87.3 cm³/mol. The minimum Gasteiger partial charge on any atom is -0.389 e. The molecule has 114 valence electrons. The van der Waals surface area contributed by atoms with Gasteiger partial charge in [0.05, 0.1) is 5.60 Å². The van der Waals surface area contributed by atoms with Crippen LogP contribution < -0.4 is 10.2 Å². The van der Waals surface area contributed by atoms with E-state index in [2.05, 4.69) is 55.3 Å². The molecule has 0 bridgehead atoms. The van der Waals surface area contributed by atoms with Crippen LogP contribution in [0, 0.1) is 0 Å². The quantitative estimate of drug-likeness (QED) is 0.765. The molecule has 0 saturated heterocycles. The molecule has 3 heteroatoms. The maximum absolute atomic E-state index is 9.97. The van der Waals surface area contributed by atoms with E-state index < -0.39 is 5.60 Å². The smallest absolute Gasteiger partial charge is 0.0765 e. The summed E-state index contributed by atoms with van der Waals surface area (Å²) in [5.74, 6) is 0. The summed E-state index contributed by atoms with van der Waals surface area (Å²) in [6, 6.07) is 9.03. The van der Waals surface area contributed by atoms with Crippen molar-refractivity contribution in [3.05, 3.63) is 29.8 Å². The molecular weight excluding hydrogens is 248 g/mol. The highest BCUT2D eigenvalue weighted by molar-refractivity contribution is 5.48. The van der Waals surface area contributed by atoms with Gasteiger partial charge in [0, 0.05) is 24.8 Å². The number of hydrogen-bond donors (Lipinski definition) is 2. The normalized spacial score (nSPS) is 13.3. The van der Waals surface area contributed by atoms with E-state index in [9.17, 15) is 5.11 Å². The third-order valence-electron chi connectivity index (χ3n) is 3.42. The predicted octanol–water partition coefficient (Wildman–Crippen LogP) is 3.34. The minimum absolute atomic E-state index is 0.383. The molecule has 0 aliphatic heterocycles. The van der Waals surface area contributed by atoms with Crippen molar-refractivity contribution in [2.45, 2.75) is 52.7 Å². The zero-order valence-corrected chi connectivity index (χ0v) is 13.6. The molecule has 0 aliphatic rings. The largest absolute Gasteiger partial charge is 0.389 e. The van der Waals surface area contributed by atoms with Crippen LogP contribution in [0.25, 0.3) is 0 Å². The topological polar surface area (TPSA) is 35.5 Å². The molecule has 0 fully saturated rings. The molecule has 0 spiro atoms. The fourth-order valence-electron chi connectivity index (χ4n) is 2.31. The highest BCUT2D eigenvalue weighted by atomic mass is 16.3. The highest BCUT2D eigenvalue weighted by Gasteiger charge is 2.17. The second kappa shape index (κ2) is 7.65. The Bertz CT molecular complexity index is 381. The zero-order valence-electron chi connectivity index (χ0n) is 13.6. The summed E-state index contributed by atoms with van der Waals surface area (Å²) in [4.78, 5) is 2.20. The molecule has 1 aromatic carbocycles. The molecule has 0 saturated carbocycles. The second-order valence-electron chi connectivity index (χ2n) is 6.09. The lowest BCUT2D eigenvalue weighted by molar-refractivity contribution is 0.0876. The van der Waals surface area contributed by atoms with Crippen LogP contribution in [0.2, 0.25) is 0 Å². The Morgan fingerprint density at radius 1 is 1.20 bits per heavy atom. The van der Waals surface area contributed by atoms with Crippen LogP contribution in [0.3, 0.4) is 0 Å². The summed E-state index contributed by atoms with van der Waals surface area (Å²) < 4.78 is 0. The van der Waals surface area contributed by atoms with Gasteiger partial charge in [-0.1, -0.05) is 19.1 Å². The highest BCUT2D eigenvalue weighted by Crippen LogP contribution is 2.20. The number of anilines is 1. The van der Waals surface area contributed by atoms with Gasteiger partial charge in [0.25, 0.3) is 0 Å². The maximum atomic E-state index is 9.97. The number of aliphatic hydroxyl groups is 1. The summed E-state index contributed by atoms with van der Waals surface area (Å²) >= 11 is 0. The first-order valence-electron chi connectivity index (χ1n) is 7.68. The Labute approximate surface area is 124 Å². The van der Waals surface area contributed by atoms with Gasteiger partial charge in [-0.25, -0.2) is 0 Å². The van der Waals surface area contributed by atoms with Gasteiger partial charge in [0.15, 0.2) is 0 Å². The van der Waals surface area contributed by atoms with Crippen molar-refractivity contribution in [2.75, 3.05) is 24.5 Å². The molecule has 0 heterocycles. The minimum atomic E-state index is -0.676. The summed E-state index contributed by atoms with van der Waals surface area (Å²) in [7, 11) is 0. The summed E-state index contributed by atoms with van der Waals surface area (Å²) in [5, 5.41) is 13.5. The van der Waals surface area contributed by atoms with Crippen molar-refractivity contribution in [3.8, 4) is 0 Å². The van der Waals surface area contributed by atoms with Crippen LogP contribution in [-0.4, -0.2) is 30.3 Å². The van der Waals surface area contributed by atoms with Crippen molar-refractivity contribution in [1.82, 2.24) is 5.32 Å². The fraction of sp³-hybridized carbons (Fsp3) is 0.647. The van der Waals surface area contributed by atoms with E-state index in [0.29, 0.717) is 12.6 Å². The van der Waals surface area contributed by atoms with E-state index in [4.69, 9.17) is 0 Å². The van der Waals surface area contributed by atoms with Crippen molar-refractivity contribution in [2.24, 2.45) is 0 Å². The number of rotatable bonds is 8. The zero-order chi connectivity index (χ0) is 15.2. The third kappa shape index (κ3) is 5.51. The molecular formula is C17H30N2O. The first-order valence-corrected chi connectivity index (χ1v) is 7.68. The Hall–Kier alpha value is -1.06. The van der Waals surface area contributed by atoms with Crippen LogP contribution in [0.5, 0.6) is 0 Å². The van der Waals surface area contributed by atoms with Crippen LogP contribution in [-0.2, 0) is 0 Å². The average Bonchev–Trinajstić information content (AvgIpc) is 2.41. The van der Waals surface area contributed by atoms with E-state index in [0.717, 1.165) is 19.5 Å². The molecule has 3 nitrogen and oxygen atoms in total. The SMILES string of the molecule is CCCNC(C)c1ccc(N(CC)CC(C)(C)O)cc1. The molecule has 1 atom stereocenters. The standard InChI is InChI=1S/C17H30N2O/c1-6-12-18-14(3)15-8-10-16(11-9-15)19(7-2)13-17(4,5)20/h8-11,14,18,20H,6-7,12-13H2,1-5H3. The molecule has 1 aromatic rings. The third-order valence-corrected chi connectivity index (χ3v) is 3.42. The van der Waals surface area contributed by atoms with E-state index in [-0.39, 0.29) is 0 Å². The Morgan fingerprint density at radius 3 is 2.25 bits per heavy atom. The molecule has 1 rings (SSSR count). The monoisotopic (exact) mass is 278 g/mol. The van der Waals surface area contributed by atoms with Crippen LogP contribution in [0.1, 0.15) is 52.6 Å². The van der Waals surface area contributed by atoms with Crippen molar-refractivity contribution >= 4 is 5.69 Å². The van der Waals surface area contributed by atoms with Gasteiger partial charge in [-0.3, -0.25) is 0 Å². The molecule has 0 amide bonds. The fourth-order valence-corrected chi connectivity index (χ4v) is 2.31. The van der Waals surface area contributed by atoms with Crippen molar-refractivity contribution < 1.29 is 5.11 Å². The van der Waals surface area contributed by atoms with Gasteiger partial charge < -0.3 is 15.3 Å². The molecule has 20 heavy (non-hydrogen) atoms. The van der Waals surface area contributed by atoms with Gasteiger partial charge >= 0.3 is 0 Å². The van der Waals surface area contributed by atoms with E-state index in [1.807, 2.05) is 13.8 Å². The van der Waals surface area contributed by atoms with Gasteiger partial charge in [-0.15, -0.1) is 0 Å². The lowest BCUT2D eigenvalue weighted by Crippen LogP contribution is -2.38. The van der Waals surface area contributed by atoms with Crippen LogP contribution in [0.15, 0.2) is 24.3 Å². The van der Waals surface area contributed by atoms with Crippen LogP contribution >= 0.6 is 0 Å². The van der Waals surface area contributed by atoms with E-state index >= 15 is 0 Å². The maximum Gasteiger partial charge on any atom is 0.0765 e. The van der Waals surface area contributed by atoms with E-state index in [1.54, 1.807) is 0 Å². The number of likely N-dealkylation sites (N-methyl/N-ethyl adjacent to an activating group) is 1. The molecule has 0 aromatic heterocycles. The summed E-state index contributed by atoms with van der Waals surface area (Å²) in [5.41, 5.74) is 1.80. The Morgan fingerprint density at radius 2 is 1.80 bits per heavy atom. The number of hydrogen-bond acceptors (Lipinski definition) is 3. The number of benzene rings is 1. The molecule has 1 unspecified atom stereocenters. The Balaban J connectivity index is 2.73. The second-order valence-corrected chi connectivity index (χ2v) is 6.09. The van der Waals surface area contributed by atoms with Crippen LogP contribution in [0.4, 0.5) is 5.69 Å². The van der Waals surface area contributed by atoms with Crippen molar-refractivity contribution in [1.29, 1.82) is 0 Å². The average molecular weight is 278 g/mol. The Kier molecular flexibility index (Phi) is 6.50. The van der Waals surface area contributed by atoms with Gasteiger partial charge in [-0.2, -0.15) is 0 Å². The summed E-state index contributed by atoms with van der Waals surface area (Å²) in [6.07, 6.45) is 1.15. The lowest BCUT2D eigenvalue weighted by Gasteiger charge is -2.30. The van der Waals surface area contributed by atoms with Gasteiger partial charge in [0.1, 0.15) is 0 Å². The number of nitrogens with one attached hydrogen (secondary N) is 1. The summed E-state index contributed by atoms with van der Waals surface area (Å²) in [6.45, 7) is 12.8. The lowest BCUT2D eigenvalue weighted by atomic mass is 10.1. The van der Waals surface area contributed by atoms with Gasteiger partial charge in [-0.05, 0) is 58.4 Å². The molecule has 2 N–H and O–H groups in total. The van der Waals surface area contributed by atoms with Gasteiger partial charge in [0.2, 0.25) is 0 Å². The molecule has 0 radical (unpaired) electrons. The molecule has 0 aliphatic carbocycles.